The van der Waals surface area contributed by atoms with Gasteiger partial charge in [0.1, 0.15) is 0 Å². The Morgan fingerprint density at radius 2 is 2.00 bits per heavy atom. The Kier molecular flexibility index (Phi) is 5.31. The predicted molar refractivity (Wildman–Crippen MR) is 87.1 cm³/mol. The van der Waals surface area contributed by atoms with E-state index in [1.807, 2.05) is 43.7 Å². The molecule has 0 spiro atoms. The summed E-state index contributed by atoms with van der Waals surface area (Å²) in [5.41, 5.74) is 3.52. The van der Waals surface area contributed by atoms with Gasteiger partial charge in [0.2, 0.25) is 0 Å². The van der Waals surface area contributed by atoms with Crippen LogP contribution in [-0.2, 0) is 19.4 Å². The highest BCUT2D eigenvalue weighted by Crippen LogP contribution is 2.30. The lowest BCUT2D eigenvalue weighted by molar-refractivity contribution is 0.175. The number of benzene rings is 1. The molecular weight excluding hydrogens is 307 g/mol. The molecule has 2 rings (SSSR count). The first kappa shape index (κ1) is 16.3. The maximum atomic E-state index is 10.5. The third kappa shape index (κ3) is 3.42. The van der Waals surface area contributed by atoms with Crippen LogP contribution >= 0.6 is 23.2 Å². The molecule has 1 unspecified atom stereocenters. The first-order valence-electron chi connectivity index (χ1n) is 7.16. The molecule has 1 aromatic carbocycles. The van der Waals surface area contributed by atoms with Crippen LogP contribution in [0.25, 0.3) is 0 Å². The Morgan fingerprint density at radius 1 is 1.29 bits per heavy atom. The maximum Gasteiger partial charge on any atom is 0.0860 e. The summed E-state index contributed by atoms with van der Waals surface area (Å²) in [4.78, 5) is 0. The zero-order valence-electron chi connectivity index (χ0n) is 12.5. The van der Waals surface area contributed by atoms with Crippen molar-refractivity contribution >= 4 is 23.2 Å². The van der Waals surface area contributed by atoms with Crippen LogP contribution in [0.3, 0.4) is 0 Å². The molecule has 2 aromatic rings. The van der Waals surface area contributed by atoms with E-state index in [0.29, 0.717) is 16.5 Å². The van der Waals surface area contributed by atoms with Gasteiger partial charge in [0.05, 0.1) is 22.5 Å². The first-order valence-corrected chi connectivity index (χ1v) is 7.91. The Hall–Kier alpha value is -1.03. The quantitative estimate of drug-likeness (QED) is 0.886. The number of aromatic nitrogens is 2. The largest absolute Gasteiger partial charge is 0.388 e. The van der Waals surface area contributed by atoms with E-state index in [9.17, 15) is 5.11 Å². The van der Waals surface area contributed by atoms with Gasteiger partial charge in [-0.15, -0.1) is 0 Å². The fraction of sp³-hybridized carbons (Fsp3) is 0.438. The third-order valence-electron chi connectivity index (χ3n) is 3.60. The number of hydrogen-bond acceptors (Lipinski definition) is 2. The van der Waals surface area contributed by atoms with Crippen molar-refractivity contribution < 1.29 is 5.11 Å². The van der Waals surface area contributed by atoms with Gasteiger partial charge in [0, 0.05) is 18.0 Å². The van der Waals surface area contributed by atoms with Gasteiger partial charge in [-0.3, -0.25) is 4.68 Å². The minimum atomic E-state index is -0.692. The average molecular weight is 327 g/mol. The minimum absolute atomic E-state index is 0.405. The molecule has 3 nitrogen and oxygen atoms in total. The highest BCUT2D eigenvalue weighted by atomic mass is 35.5. The van der Waals surface area contributed by atoms with Gasteiger partial charge >= 0.3 is 0 Å². The Labute approximate surface area is 135 Å². The molecule has 0 aliphatic heterocycles. The lowest BCUT2D eigenvalue weighted by atomic mass is 10.0. The van der Waals surface area contributed by atoms with Crippen molar-refractivity contribution in [2.45, 2.75) is 46.3 Å². The van der Waals surface area contributed by atoms with E-state index in [0.717, 1.165) is 35.5 Å². The normalized spacial score (nSPS) is 12.7. The summed E-state index contributed by atoms with van der Waals surface area (Å²) in [6, 6.07) is 5.67. The van der Waals surface area contributed by atoms with E-state index < -0.39 is 6.10 Å². The van der Waals surface area contributed by atoms with Crippen molar-refractivity contribution in [1.82, 2.24) is 9.78 Å². The van der Waals surface area contributed by atoms with Crippen molar-refractivity contribution in [3.05, 3.63) is 50.8 Å². The summed E-state index contributed by atoms with van der Waals surface area (Å²) < 4.78 is 1.85. The number of aliphatic hydroxyl groups is 1. The predicted octanol–water partition coefficient (Wildman–Crippen LogP) is 4.36. The Bertz CT molecular complexity index is 637. The molecule has 1 heterocycles. The zero-order valence-corrected chi connectivity index (χ0v) is 14.0. The second kappa shape index (κ2) is 6.82. The van der Waals surface area contributed by atoms with Crippen LogP contribution in [0.1, 0.15) is 42.5 Å². The summed E-state index contributed by atoms with van der Waals surface area (Å²) in [7, 11) is 0. The van der Waals surface area contributed by atoms with Crippen LogP contribution in [0.4, 0.5) is 0 Å². The first-order chi connectivity index (χ1) is 9.97. The van der Waals surface area contributed by atoms with Crippen molar-refractivity contribution in [2.24, 2.45) is 0 Å². The lowest BCUT2D eigenvalue weighted by Gasteiger charge is -2.14. The van der Waals surface area contributed by atoms with Gasteiger partial charge in [-0.25, -0.2) is 0 Å². The fourth-order valence-electron chi connectivity index (χ4n) is 2.41. The van der Waals surface area contributed by atoms with Crippen LogP contribution in [0.15, 0.2) is 18.2 Å². The van der Waals surface area contributed by atoms with Crippen LogP contribution in [0, 0.1) is 6.92 Å². The van der Waals surface area contributed by atoms with E-state index in [2.05, 4.69) is 5.10 Å². The van der Waals surface area contributed by atoms with Gasteiger partial charge in [0.25, 0.3) is 0 Å². The molecule has 1 atom stereocenters. The van der Waals surface area contributed by atoms with Crippen LogP contribution in [-0.4, -0.2) is 14.9 Å². The topological polar surface area (TPSA) is 38.0 Å². The summed E-state index contributed by atoms with van der Waals surface area (Å²) in [5.74, 6) is 0. The van der Waals surface area contributed by atoms with Crippen molar-refractivity contribution in [1.29, 1.82) is 0 Å². The van der Waals surface area contributed by atoms with Crippen LogP contribution in [0.2, 0.25) is 10.0 Å². The summed E-state index contributed by atoms with van der Waals surface area (Å²) in [6.07, 6.45) is 0.491. The molecule has 1 aromatic heterocycles. The molecule has 5 heteroatoms. The number of rotatable bonds is 5. The second-order valence-corrected chi connectivity index (χ2v) is 5.91. The van der Waals surface area contributed by atoms with Gasteiger partial charge in [0.15, 0.2) is 0 Å². The fourth-order valence-corrected chi connectivity index (χ4v) is 3.11. The molecule has 114 valence electrons. The molecule has 0 radical (unpaired) electrons. The minimum Gasteiger partial charge on any atom is -0.388 e. The molecule has 0 amide bonds. The van der Waals surface area contributed by atoms with Crippen molar-refractivity contribution in [3.8, 4) is 0 Å². The van der Waals surface area contributed by atoms with Crippen LogP contribution in [0.5, 0.6) is 0 Å². The molecule has 1 N–H and O–H groups in total. The Balaban J connectivity index is 2.31. The van der Waals surface area contributed by atoms with Crippen molar-refractivity contribution in [2.75, 3.05) is 0 Å². The summed E-state index contributed by atoms with van der Waals surface area (Å²) >= 11 is 12.6. The van der Waals surface area contributed by atoms with Gasteiger partial charge in [-0.1, -0.05) is 42.3 Å². The summed E-state index contributed by atoms with van der Waals surface area (Å²) in [6.45, 7) is 6.73. The smallest absolute Gasteiger partial charge is 0.0860 e. The molecule has 0 fully saturated rings. The molecule has 0 aliphatic carbocycles. The van der Waals surface area contributed by atoms with Gasteiger partial charge < -0.3 is 5.11 Å². The van der Waals surface area contributed by atoms with E-state index in [4.69, 9.17) is 23.2 Å². The van der Waals surface area contributed by atoms with E-state index in [1.165, 1.54) is 0 Å². The zero-order chi connectivity index (χ0) is 15.6. The van der Waals surface area contributed by atoms with Crippen molar-refractivity contribution in [3.63, 3.8) is 0 Å². The van der Waals surface area contributed by atoms with E-state index in [-0.39, 0.29) is 0 Å². The number of halogens is 2. The number of aliphatic hydroxyl groups excluding tert-OH is 1. The highest BCUT2D eigenvalue weighted by molar-refractivity contribution is 6.32. The molecule has 0 bridgehead atoms. The third-order valence-corrected chi connectivity index (χ3v) is 4.36. The molecule has 0 aliphatic rings. The van der Waals surface area contributed by atoms with E-state index in [1.54, 1.807) is 0 Å². The Morgan fingerprint density at radius 3 is 2.57 bits per heavy atom. The molecule has 0 saturated heterocycles. The van der Waals surface area contributed by atoms with E-state index >= 15 is 0 Å². The number of aryl methyl sites for hydroxylation is 3. The molecule has 0 saturated carbocycles. The number of nitrogens with zero attached hydrogens (tertiary/aromatic N) is 2. The molecular formula is C16H20Cl2N2O. The lowest BCUT2D eigenvalue weighted by Crippen LogP contribution is -2.09. The SMILES string of the molecule is CCc1nn(CC)c(CC(O)c2ccc(C)cc2Cl)c1Cl. The highest BCUT2D eigenvalue weighted by Gasteiger charge is 2.20. The molecule has 21 heavy (non-hydrogen) atoms. The number of hydrogen-bond donors (Lipinski definition) is 1. The maximum absolute atomic E-state index is 10.5. The van der Waals surface area contributed by atoms with Gasteiger partial charge in [-0.05, 0) is 37.5 Å². The van der Waals surface area contributed by atoms with Crippen LogP contribution < -0.4 is 0 Å². The monoisotopic (exact) mass is 326 g/mol. The average Bonchev–Trinajstić information content (AvgIpc) is 2.75. The second-order valence-electron chi connectivity index (χ2n) is 5.12. The standard InChI is InChI=1S/C16H20Cl2N2O/c1-4-13-16(18)14(20(5-2)19-13)9-15(21)11-7-6-10(3)8-12(11)17/h6-8,15,21H,4-5,9H2,1-3H3. The summed E-state index contributed by atoms with van der Waals surface area (Å²) in [5, 5.41) is 16.2. The van der Waals surface area contributed by atoms with Gasteiger partial charge in [-0.2, -0.15) is 5.10 Å².